The molecule has 5 heteroatoms. The summed E-state index contributed by atoms with van der Waals surface area (Å²) in [5, 5.41) is 0. The van der Waals surface area contributed by atoms with E-state index in [1.54, 1.807) is 0 Å². The molecule has 2 unspecified atom stereocenters. The Morgan fingerprint density at radius 2 is 2.18 bits per heavy atom. The number of nitrogens with zero attached hydrogens (tertiary/aromatic N) is 4. The molecule has 2 aliphatic heterocycles. The molecule has 22 heavy (non-hydrogen) atoms. The van der Waals surface area contributed by atoms with Crippen LogP contribution in [-0.2, 0) is 4.74 Å². The largest absolute Gasteiger partial charge is 0.370 e. The maximum absolute atomic E-state index is 5.93. The molecule has 4 heterocycles. The zero-order valence-corrected chi connectivity index (χ0v) is 13.4. The van der Waals surface area contributed by atoms with Gasteiger partial charge in [0.15, 0.2) is 5.65 Å². The highest BCUT2D eigenvalue weighted by Crippen LogP contribution is 2.37. The van der Waals surface area contributed by atoms with Gasteiger partial charge in [-0.15, -0.1) is 0 Å². The van der Waals surface area contributed by atoms with Crippen molar-refractivity contribution >= 4 is 11.2 Å². The van der Waals surface area contributed by atoms with E-state index >= 15 is 0 Å². The lowest BCUT2D eigenvalue weighted by Gasteiger charge is -2.31. The molecule has 0 spiro atoms. The Kier molecular flexibility index (Phi) is 3.62. The third kappa shape index (κ3) is 2.23. The van der Waals surface area contributed by atoms with Gasteiger partial charge in [-0.2, -0.15) is 0 Å². The van der Waals surface area contributed by atoms with Crippen molar-refractivity contribution in [1.82, 2.24) is 19.4 Å². The molecule has 0 radical (unpaired) electrons. The molecule has 2 aliphatic rings. The van der Waals surface area contributed by atoms with E-state index in [9.17, 15) is 0 Å². The summed E-state index contributed by atoms with van der Waals surface area (Å²) in [7, 11) is 0. The van der Waals surface area contributed by atoms with Crippen LogP contribution in [0.5, 0.6) is 0 Å². The van der Waals surface area contributed by atoms with Gasteiger partial charge < -0.3 is 4.74 Å². The molecule has 2 aromatic rings. The minimum Gasteiger partial charge on any atom is -0.370 e. The highest BCUT2D eigenvalue weighted by Gasteiger charge is 2.34. The Labute approximate surface area is 131 Å². The summed E-state index contributed by atoms with van der Waals surface area (Å²) < 4.78 is 8.29. The first kappa shape index (κ1) is 14.2. The number of rotatable bonds is 3. The van der Waals surface area contributed by atoms with E-state index in [0.717, 1.165) is 43.0 Å². The Hall–Kier alpha value is -1.46. The summed E-state index contributed by atoms with van der Waals surface area (Å²) in [4.78, 5) is 12.1. The first-order valence-electron chi connectivity index (χ1n) is 8.46. The molecular formula is C17H24N4O. The van der Waals surface area contributed by atoms with Gasteiger partial charge in [0.25, 0.3) is 0 Å². The monoisotopic (exact) mass is 300 g/mol. The van der Waals surface area contributed by atoms with Gasteiger partial charge in [0.2, 0.25) is 0 Å². The predicted molar refractivity (Wildman–Crippen MR) is 85.6 cm³/mol. The van der Waals surface area contributed by atoms with Crippen molar-refractivity contribution in [1.29, 1.82) is 0 Å². The Morgan fingerprint density at radius 1 is 1.27 bits per heavy atom. The van der Waals surface area contributed by atoms with Crippen molar-refractivity contribution in [3.8, 4) is 0 Å². The van der Waals surface area contributed by atoms with Crippen LogP contribution in [0.1, 0.15) is 57.6 Å². The molecule has 2 aromatic heterocycles. The maximum Gasteiger partial charge on any atom is 0.161 e. The summed E-state index contributed by atoms with van der Waals surface area (Å²) in [6.07, 6.45) is 6.95. The quantitative estimate of drug-likeness (QED) is 0.872. The van der Waals surface area contributed by atoms with Crippen LogP contribution in [0.25, 0.3) is 11.2 Å². The van der Waals surface area contributed by atoms with Crippen molar-refractivity contribution in [2.75, 3.05) is 13.2 Å². The smallest absolute Gasteiger partial charge is 0.161 e. The number of fused-ring (bicyclic) bond motifs is 1. The number of imidazole rings is 1. The molecule has 2 saturated heterocycles. The van der Waals surface area contributed by atoms with Crippen molar-refractivity contribution in [2.45, 2.75) is 57.8 Å². The van der Waals surface area contributed by atoms with Crippen LogP contribution < -0.4 is 0 Å². The van der Waals surface area contributed by atoms with Crippen LogP contribution in [0, 0.1) is 0 Å². The maximum atomic E-state index is 5.93. The fraction of sp³-hybridized carbons (Fsp3) is 0.647. The third-order valence-electron chi connectivity index (χ3n) is 4.92. The van der Waals surface area contributed by atoms with Crippen LogP contribution in [0.15, 0.2) is 18.3 Å². The average molecular weight is 300 g/mol. The molecule has 5 nitrogen and oxygen atoms in total. The molecular weight excluding hydrogens is 276 g/mol. The van der Waals surface area contributed by atoms with Crippen molar-refractivity contribution in [3.05, 3.63) is 24.2 Å². The number of aromatic nitrogens is 3. The summed E-state index contributed by atoms with van der Waals surface area (Å²) >= 11 is 0. The summed E-state index contributed by atoms with van der Waals surface area (Å²) in [6, 6.07) is 4.56. The molecule has 0 aliphatic carbocycles. The van der Waals surface area contributed by atoms with Gasteiger partial charge in [0.05, 0.1) is 6.17 Å². The van der Waals surface area contributed by atoms with Crippen LogP contribution >= 0.6 is 0 Å². The number of pyridine rings is 1. The first-order chi connectivity index (χ1) is 10.8. The molecule has 0 amide bonds. The van der Waals surface area contributed by atoms with Crippen molar-refractivity contribution < 1.29 is 4.74 Å². The Bertz CT molecular complexity index is 660. The summed E-state index contributed by atoms with van der Waals surface area (Å²) in [5.74, 6) is 1.07. The van der Waals surface area contributed by atoms with E-state index in [4.69, 9.17) is 9.72 Å². The van der Waals surface area contributed by atoms with Crippen LogP contribution in [0.4, 0.5) is 0 Å². The van der Waals surface area contributed by atoms with Crippen molar-refractivity contribution in [3.63, 3.8) is 0 Å². The molecule has 0 aromatic carbocycles. The standard InChI is InChI=1S/C17H24N4O/c1-12(2)20-10-4-8-15(20)21-16-13(6-3-9-18-16)19-17(21)14-7-5-11-22-14/h3,6,9,12,14-15H,4-5,7-8,10-11H2,1-2H3. The second kappa shape index (κ2) is 5.63. The van der Waals surface area contributed by atoms with Gasteiger partial charge in [-0.3, -0.25) is 9.47 Å². The first-order valence-corrected chi connectivity index (χ1v) is 8.46. The lowest BCUT2D eigenvalue weighted by atomic mass is 10.2. The fourth-order valence-electron chi connectivity index (χ4n) is 3.90. The fourth-order valence-corrected chi connectivity index (χ4v) is 3.90. The van der Waals surface area contributed by atoms with E-state index in [-0.39, 0.29) is 6.10 Å². The second-order valence-electron chi connectivity index (χ2n) is 6.64. The van der Waals surface area contributed by atoms with Gasteiger partial charge in [-0.25, -0.2) is 9.97 Å². The Balaban J connectivity index is 1.85. The van der Waals surface area contributed by atoms with Gasteiger partial charge in [-0.1, -0.05) is 0 Å². The number of ether oxygens (including phenoxy) is 1. The highest BCUT2D eigenvalue weighted by atomic mass is 16.5. The lowest BCUT2D eigenvalue weighted by Crippen LogP contribution is -2.34. The van der Waals surface area contributed by atoms with E-state index in [2.05, 4.69) is 34.4 Å². The molecule has 0 N–H and O–H groups in total. The molecule has 2 fully saturated rings. The van der Waals surface area contributed by atoms with Crippen molar-refractivity contribution in [2.24, 2.45) is 0 Å². The van der Waals surface area contributed by atoms with Gasteiger partial charge in [0.1, 0.15) is 17.4 Å². The van der Waals surface area contributed by atoms with E-state index < -0.39 is 0 Å². The molecule has 0 bridgehead atoms. The number of hydrogen-bond donors (Lipinski definition) is 0. The van der Waals surface area contributed by atoms with Gasteiger partial charge in [-0.05, 0) is 51.7 Å². The predicted octanol–water partition coefficient (Wildman–Crippen LogP) is 3.29. The van der Waals surface area contributed by atoms with E-state index in [1.807, 2.05) is 12.3 Å². The minimum absolute atomic E-state index is 0.129. The average Bonchev–Trinajstić information content (AvgIpc) is 3.24. The summed E-state index contributed by atoms with van der Waals surface area (Å²) in [5.41, 5.74) is 1.99. The van der Waals surface area contributed by atoms with Crippen LogP contribution in [0.3, 0.4) is 0 Å². The van der Waals surface area contributed by atoms with E-state index in [0.29, 0.717) is 12.2 Å². The zero-order chi connectivity index (χ0) is 15.1. The van der Waals surface area contributed by atoms with Gasteiger partial charge >= 0.3 is 0 Å². The third-order valence-corrected chi connectivity index (χ3v) is 4.92. The summed E-state index contributed by atoms with van der Waals surface area (Å²) in [6.45, 7) is 6.55. The zero-order valence-electron chi connectivity index (χ0n) is 13.4. The Morgan fingerprint density at radius 3 is 2.95 bits per heavy atom. The van der Waals surface area contributed by atoms with Crippen LogP contribution in [0.2, 0.25) is 0 Å². The van der Waals surface area contributed by atoms with E-state index in [1.165, 1.54) is 12.8 Å². The topological polar surface area (TPSA) is 43.2 Å². The second-order valence-corrected chi connectivity index (χ2v) is 6.64. The number of hydrogen-bond acceptors (Lipinski definition) is 4. The normalized spacial score (nSPS) is 26.5. The SMILES string of the molecule is CC(C)N1CCCC1n1c(C2CCCO2)nc2cccnc21. The minimum atomic E-state index is 0.129. The number of likely N-dealkylation sites (tertiary alicyclic amines) is 1. The molecule has 118 valence electrons. The molecule has 2 atom stereocenters. The molecule has 4 rings (SSSR count). The molecule has 0 saturated carbocycles. The van der Waals surface area contributed by atoms with Gasteiger partial charge in [0, 0.05) is 25.4 Å². The van der Waals surface area contributed by atoms with Crippen LogP contribution in [-0.4, -0.2) is 38.6 Å². The highest BCUT2D eigenvalue weighted by molar-refractivity contribution is 5.71. The lowest BCUT2D eigenvalue weighted by molar-refractivity contribution is 0.0892.